The zero-order valence-electron chi connectivity index (χ0n) is 13.2. The van der Waals surface area contributed by atoms with Crippen LogP contribution >= 0.6 is 30.3 Å². The number of nitriles is 1. The van der Waals surface area contributed by atoms with E-state index in [9.17, 15) is 4.39 Å². The third-order valence-corrected chi connectivity index (χ3v) is 6.27. The van der Waals surface area contributed by atoms with Crippen molar-refractivity contribution < 1.29 is 13.7 Å². The van der Waals surface area contributed by atoms with Crippen molar-refractivity contribution >= 4 is 53.8 Å². The summed E-state index contributed by atoms with van der Waals surface area (Å²) in [6.07, 6.45) is 1.81. The van der Waals surface area contributed by atoms with Crippen molar-refractivity contribution in [2.45, 2.75) is 38.9 Å². The Labute approximate surface area is 151 Å². The Balaban J connectivity index is 2.20. The van der Waals surface area contributed by atoms with Gasteiger partial charge in [0.2, 0.25) is 0 Å². The van der Waals surface area contributed by atoms with E-state index < -0.39 is 24.1 Å². The summed E-state index contributed by atoms with van der Waals surface area (Å²) in [5.41, 5.74) is 0.500. The SMILES string of the molecule is CC1(C)OB(c2cn(SI)c3c(F)cc(C#N)cc23)OC1(C)C. The summed E-state index contributed by atoms with van der Waals surface area (Å²) < 4.78 is 28.3. The van der Waals surface area contributed by atoms with Gasteiger partial charge in [0.25, 0.3) is 0 Å². The smallest absolute Gasteiger partial charge is 0.399 e. The molecule has 0 amide bonds. The summed E-state index contributed by atoms with van der Waals surface area (Å²) in [6.45, 7) is 7.89. The molecule has 1 aliphatic heterocycles. The van der Waals surface area contributed by atoms with Crippen LogP contribution in [0.4, 0.5) is 4.39 Å². The van der Waals surface area contributed by atoms with Crippen LogP contribution in [-0.2, 0) is 9.31 Å². The molecule has 0 saturated carbocycles. The van der Waals surface area contributed by atoms with Gasteiger partial charge in [-0.05, 0) is 39.8 Å². The molecule has 2 aromatic rings. The maximum absolute atomic E-state index is 14.4. The highest BCUT2D eigenvalue weighted by atomic mass is 127. The molecule has 1 fully saturated rings. The zero-order valence-corrected chi connectivity index (χ0v) is 16.2. The Morgan fingerprint density at radius 1 is 1.26 bits per heavy atom. The van der Waals surface area contributed by atoms with Crippen LogP contribution in [0.25, 0.3) is 10.9 Å². The highest BCUT2D eigenvalue weighted by molar-refractivity contribution is 14.2. The van der Waals surface area contributed by atoms with Gasteiger partial charge < -0.3 is 9.31 Å². The van der Waals surface area contributed by atoms with Gasteiger partial charge in [-0.15, -0.1) is 0 Å². The van der Waals surface area contributed by atoms with Crippen molar-refractivity contribution in [2.75, 3.05) is 0 Å². The minimum absolute atomic E-state index is 0.281. The molecule has 0 unspecified atom stereocenters. The standard InChI is InChI=1S/C15H15BFIN2O2S/c1-14(2)15(3,4)22-16(21-14)11-8-20(23-18)13-10(11)5-9(7-19)6-12(13)17/h5-6,8H,1-4H3. The lowest BCUT2D eigenvalue weighted by molar-refractivity contribution is 0.00578. The zero-order chi connectivity index (χ0) is 17.0. The number of benzene rings is 1. The Morgan fingerprint density at radius 3 is 2.39 bits per heavy atom. The van der Waals surface area contributed by atoms with Crippen molar-refractivity contribution in [1.29, 1.82) is 5.26 Å². The van der Waals surface area contributed by atoms with E-state index in [-0.39, 0.29) is 5.56 Å². The molecule has 2 heterocycles. The highest BCUT2D eigenvalue weighted by Gasteiger charge is 2.52. The summed E-state index contributed by atoms with van der Waals surface area (Å²) in [5.74, 6) is -0.425. The fourth-order valence-corrected chi connectivity index (χ4v) is 3.92. The van der Waals surface area contributed by atoms with E-state index in [0.717, 1.165) is 5.46 Å². The van der Waals surface area contributed by atoms with E-state index in [1.54, 1.807) is 10.0 Å². The van der Waals surface area contributed by atoms with Crippen LogP contribution in [0, 0.1) is 17.1 Å². The van der Waals surface area contributed by atoms with Gasteiger partial charge in [0.15, 0.2) is 0 Å². The van der Waals surface area contributed by atoms with Crippen LogP contribution < -0.4 is 5.46 Å². The number of aromatic nitrogens is 1. The van der Waals surface area contributed by atoms with Crippen molar-refractivity contribution in [3.63, 3.8) is 0 Å². The van der Waals surface area contributed by atoms with E-state index >= 15 is 0 Å². The predicted octanol–water partition coefficient (Wildman–Crippen LogP) is 3.80. The summed E-state index contributed by atoms with van der Waals surface area (Å²) in [4.78, 5) is 0. The van der Waals surface area contributed by atoms with E-state index in [2.05, 4.69) is 21.2 Å². The molecule has 0 N–H and O–H groups in total. The minimum Gasteiger partial charge on any atom is -0.399 e. The molecule has 1 saturated heterocycles. The van der Waals surface area contributed by atoms with Crippen molar-refractivity contribution in [2.24, 2.45) is 0 Å². The van der Waals surface area contributed by atoms with Crippen LogP contribution in [0.15, 0.2) is 18.3 Å². The summed E-state index contributed by atoms with van der Waals surface area (Å²) in [7, 11) is 0.761. The van der Waals surface area contributed by atoms with E-state index in [1.165, 1.54) is 15.2 Å². The molecular weight excluding hydrogens is 429 g/mol. The van der Waals surface area contributed by atoms with Crippen LogP contribution in [0.3, 0.4) is 0 Å². The minimum atomic E-state index is -0.597. The molecule has 3 rings (SSSR count). The fourth-order valence-electron chi connectivity index (χ4n) is 2.58. The van der Waals surface area contributed by atoms with Crippen LogP contribution in [0.2, 0.25) is 0 Å². The Hall–Kier alpha value is -0.755. The molecule has 0 spiro atoms. The van der Waals surface area contributed by atoms with Gasteiger partial charge in [0.05, 0.1) is 28.4 Å². The molecule has 0 aliphatic carbocycles. The largest absolute Gasteiger partial charge is 0.497 e. The maximum atomic E-state index is 14.4. The lowest BCUT2D eigenvalue weighted by atomic mass is 9.79. The van der Waals surface area contributed by atoms with Crippen LogP contribution in [0.1, 0.15) is 33.3 Å². The maximum Gasteiger partial charge on any atom is 0.497 e. The molecule has 120 valence electrons. The van der Waals surface area contributed by atoms with Gasteiger partial charge in [0, 0.05) is 47.4 Å². The number of nitrogens with zero attached hydrogens (tertiary/aromatic N) is 2. The molecule has 0 bridgehead atoms. The first-order valence-corrected chi connectivity index (χ1v) is 10.4. The monoisotopic (exact) mass is 444 g/mol. The molecule has 0 atom stereocenters. The Morgan fingerprint density at radius 2 is 1.87 bits per heavy atom. The van der Waals surface area contributed by atoms with E-state index in [0.29, 0.717) is 10.9 Å². The molecule has 1 aromatic heterocycles. The number of halogens is 2. The molecule has 4 nitrogen and oxygen atoms in total. The van der Waals surface area contributed by atoms with Gasteiger partial charge in [-0.2, -0.15) is 5.26 Å². The molecule has 8 heteroatoms. The van der Waals surface area contributed by atoms with Gasteiger partial charge in [-0.3, -0.25) is 3.97 Å². The first-order chi connectivity index (χ1) is 10.7. The second-order valence-corrected chi connectivity index (χ2v) is 8.25. The normalized spacial score (nSPS) is 19.3. The van der Waals surface area contributed by atoms with Crippen molar-refractivity contribution in [1.82, 2.24) is 3.97 Å². The van der Waals surface area contributed by atoms with Crippen molar-refractivity contribution in [3.8, 4) is 6.07 Å². The number of hydrogen-bond donors (Lipinski definition) is 0. The number of rotatable bonds is 2. The van der Waals surface area contributed by atoms with Crippen LogP contribution in [0.5, 0.6) is 0 Å². The third-order valence-electron chi connectivity index (χ3n) is 4.56. The highest BCUT2D eigenvalue weighted by Crippen LogP contribution is 2.38. The first-order valence-electron chi connectivity index (χ1n) is 7.09. The molecular formula is C15H15BFIN2O2S. The van der Waals surface area contributed by atoms with Gasteiger partial charge in [-0.1, -0.05) is 0 Å². The van der Waals surface area contributed by atoms with E-state index in [1.807, 2.05) is 40.0 Å². The molecule has 1 aliphatic rings. The lowest BCUT2D eigenvalue weighted by Crippen LogP contribution is -2.41. The molecule has 23 heavy (non-hydrogen) atoms. The number of fused-ring (bicyclic) bond motifs is 1. The Kier molecular flexibility index (Phi) is 4.20. The predicted molar refractivity (Wildman–Crippen MR) is 99.3 cm³/mol. The summed E-state index contributed by atoms with van der Waals surface area (Å²) >= 11 is 2.09. The molecule has 0 radical (unpaired) electrons. The fraction of sp³-hybridized carbons (Fsp3) is 0.400. The Bertz CT molecular complexity index is 815. The summed E-state index contributed by atoms with van der Waals surface area (Å²) in [6, 6.07) is 4.93. The second-order valence-electron chi connectivity index (χ2n) is 6.53. The summed E-state index contributed by atoms with van der Waals surface area (Å²) in [5, 5.41) is 9.76. The van der Waals surface area contributed by atoms with Gasteiger partial charge in [0.1, 0.15) is 5.82 Å². The van der Waals surface area contributed by atoms with Gasteiger partial charge >= 0.3 is 7.12 Å². The quantitative estimate of drug-likeness (QED) is 0.523. The van der Waals surface area contributed by atoms with Crippen molar-refractivity contribution in [3.05, 3.63) is 29.7 Å². The second kappa shape index (κ2) is 5.65. The topological polar surface area (TPSA) is 47.2 Å². The lowest BCUT2D eigenvalue weighted by Gasteiger charge is -2.32. The molecule has 1 aromatic carbocycles. The van der Waals surface area contributed by atoms with Crippen LogP contribution in [-0.4, -0.2) is 22.3 Å². The third kappa shape index (κ3) is 2.67. The van der Waals surface area contributed by atoms with Gasteiger partial charge in [-0.25, -0.2) is 4.39 Å². The van der Waals surface area contributed by atoms with E-state index in [4.69, 9.17) is 14.6 Å². The number of hydrogen-bond acceptors (Lipinski definition) is 4. The average Bonchev–Trinajstić information content (AvgIpc) is 2.94. The average molecular weight is 444 g/mol. The first kappa shape index (κ1) is 17.1.